The van der Waals surface area contributed by atoms with Crippen molar-refractivity contribution >= 4 is 39.0 Å². The zero-order valence-corrected chi connectivity index (χ0v) is 12.8. The number of nitrogens with zero attached hydrogens (tertiary/aromatic N) is 1. The number of hydrogen-bond acceptors (Lipinski definition) is 4. The number of anilines is 1. The largest absolute Gasteiger partial charge is 0.385 e. The van der Waals surface area contributed by atoms with E-state index in [4.69, 9.17) is 0 Å². The highest BCUT2D eigenvalue weighted by atomic mass is 32.2. The number of benzene rings is 1. The van der Waals surface area contributed by atoms with Gasteiger partial charge in [0.05, 0.1) is 10.2 Å². The maximum Gasteiger partial charge on any atom is 0.150 e. The van der Waals surface area contributed by atoms with Gasteiger partial charge < -0.3 is 5.32 Å². The van der Waals surface area contributed by atoms with Gasteiger partial charge in [0.15, 0.2) is 4.34 Å². The van der Waals surface area contributed by atoms with E-state index in [9.17, 15) is 0 Å². The molecule has 0 saturated carbocycles. The van der Waals surface area contributed by atoms with Gasteiger partial charge in [-0.15, -0.1) is 11.3 Å². The highest BCUT2D eigenvalue weighted by Gasteiger charge is 2.05. The van der Waals surface area contributed by atoms with Crippen molar-refractivity contribution in [3.8, 4) is 0 Å². The maximum atomic E-state index is 4.55. The van der Waals surface area contributed by atoms with Crippen molar-refractivity contribution in [2.24, 2.45) is 5.92 Å². The first-order valence-corrected chi connectivity index (χ1v) is 8.45. The maximum absolute atomic E-state index is 4.55. The molecule has 18 heavy (non-hydrogen) atoms. The second-order valence-electron chi connectivity index (χ2n) is 4.64. The summed E-state index contributed by atoms with van der Waals surface area (Å²) in [5.74, 6) is 0.730. The predicted octanol–water partition coefficient (Wildman–Crippen LogP) is 4.87. The minimum Gasteiger partial charge on any atom is -0.385 e. The minimum absolute atomic E-state index is 0.730. The van der Waals surface area contributed by atoms with E-state index in [0.717, 1.165) is 22.3 Å². The van der Waals surface area contributed by atoms with E-state index in [1.807, 2.05) is 0 Å². The molecule has 2 rings (SSSR count). The lowest BCUT2D eigenvalue weighted by atomic mass is 10.1. The number of hydrogen-bond donors (Lipinski definition) is 1. The minimum atomic E-state index is 0.730. The van der Waals surface area contributed by atoms with Crippen molar-refractivity contribution in [2.75, 3.05) is 18.1 Å². The number of nitrogens with one attached hydrogen (secondary N) is 1. The SMILES string of the molecule is CCCC(C)CNc1ccc2nc(SC)sc2c1. The van der Waals surface area contributed by atoms with E-state index in [1.165, 1.54) is 23.2 Å². The molecule has 0 bridgehead atoms. The Bertz CT molecular complexity index is 507. The van der Waals surface area contributed by atoms with Gasteiger partial charge in [-0.1, -0.05) is 32.0 Å². The zero-order valence-electron chi connectivity index (χ0n) is 11.2. The van der Waals surface area contributed by atoms with Crippen molar-refractivity contribution < 1.29 is 0 Å². The summed E-state index contributed by atoms with van der Waals surface area (Å²) in [6.07, 6.45) is 4.61. The summed E-state index contributed by atoms with van der Waals surface area (Å²) in [5, 5.41) is 3.52. The van der Waals surface area contributed by atoms with Crippen molar-refractivity contribution in [1.29, 1.82) is 0 Å². The van der Waals surface area contributed by atoms with Gasteiger partial charge in [-0.25, -0.2) is 4.98 Å². The first-order valence-electron chi connectivity index (χ1n) is 6.41. The highest BCUT2D eigenvalue weighted by Crippen LogP contribution is 2.30. The van der Waals surface area contributed by atoms with Crippen LogP contribution in [0.4, 0.5) is 5.69 Å². The van der Waals surface area contributed by atoms with E-state index < -0.39 is 0 Å². The molecule has 0 aliphatic rings. The Morgan fingerprint density at radius 2 is 2.28 bits per heavy atom. The Labute approximate surface area is 117 Å². The molecule has 0 aliphatic carbocycles. The molecule has 0 amide bonds. The fraction of sp³-hybridized carbons (Fsp3) is 0.500. The first-order chi connectivity index (χ1) is 8.72. The molecule has 4 heteroatoms. The number of thiazole rings is 1. The van der Waals surface area contributed by atoms with Crippen LogP contribution >= 0.6 is 23.1 Å². The summed E-state index contributed by atoms with van der Waals surface area (Å²) in [4.78, 5) is 4.55. The molecule has 98 valence electrons. The monoisotopic (exact) mass is 280 g/mol. The molecule has 2 aromatic rings. The molecule has 0 saturated heterocycles. The second kappa shape index (κ2) is 6.43. The van der Waals surface area contributed by atoms with Crippen LogP contribution in [0.5, 0.6) is 0 Å². The molecule has 1 aromatic carbocycles. The van der Waals surface area contributed by atoms with Crippen molar-refractivity contribution in [3.63, 3.8) is 0 Å². The second-order valence-corrected chi connectivity index (χ2v) is 6.73. The number of aromatic nitrogens is 1. The molecule has 1 aromatic heterocycles. The summed E-state index contributed by atoms with van der Waals surface area (Å²) in [6, 6.07) is 6.45. The molecular formula is C14H20N2S2. The molecule has 0 aliphatic heterocycles. The van der Waals surface area contributed by atoms with E-state index in [1.54, 1.807) is 23.1 Å². The van der Waals surface area contributed by atoms with Crippen LogP contribution in [-0.4, -0.2) is 17.8 Å². The van der Waals surface area contributed by atoms with Gasteiger partial charge in [-0.2, -0.15) is 0 Å². The number of fused-ring (bicyclic) bond motifs is 1. The van der Waals surface area contributed by atoms with Crippen LogP contribution in [0.25, 0.3) is 10.2 Å². The number of rotatable bonds is 6. The predicted molar refractivity (Wildman–Crippen MR) is 84.0 cm³/mol. The summed E-state index contributed by atoms with van der Waals surface area (Å²) in [5.41, 5.74) is 2.32. The summed E-state index contributed by atoms with van der Waals surface area (Å²) in [6.45, 7) is 5.59. The Balaban J connectivity index is 2.05. The fourth-order valence-electron chi connectivity index (χ4n) is 1.99. The average Bonchev–Trinajstić information content (AvgIpc) is 2.78. The summed E-state index contributed by atoms with van der Waals surface area (Å²) in [7, 11) is 0. The third kappa shape index (κ3) is 3.39. The summed E-state index contributed by atoms with van der Waals surface area (Å²) >= 11 is 3.48. The van der Waals surface area contributed by atoms with Crippen molar-refractivity contribution in [1.82, 2.24) is 4.98 Å². The molecule has 2 nitrogen and oxygen atoms in total. The van der Waals surface area contributed by atoms with Crippen LogP contribution < -0.4 is 5.32 Å². The van der Waals surface area contributed by atoms with Gasteiger partial charge in [-0.3, -0.25) is 0 Å². The molecule has 0 radical (unpaired) electrons. The van der Waals surface area contributed by atoms with Gasteiger partial charge in [0.1, 0.15) is 0 Å². The molecule has 0 spiro atoms. The molecule has 1 unspecified atom stereocenters. The Kier molecular flexibility index (Phi) is 4.89. The highest BCUT2D eigenvalue weighted by molar-refractivity contribution is 8.00. The lowest BCUT2D eigenvalue weighted by Crippen LogP contribution is -2.10. The molecule has 1 atom stereocenters. The Morgan fingerprint density at radius 3 is 3.00 bits per heavy atom. The lowest BCUT2D eigenvalue weighted by Gasteiger charge is -2.12. The van der Waals surface area contributed by atoms with E-state index in [-0.39, 0.29) is 0 Å². The fourth-order valence-corrected chi connectivity index (χ4v) is 3.52. The van der Waals surface area contributed by atoms with Crippen LogP contribution in [0, 0.1) is 5.92 Å². The molecule has 1 heterocycles. The first kappa shape index (κ1) is 13.7. The summed E-state index contributed by atoms with van der Waals surface area (Å²) < 4.78 is 2.41. The van der Waals surface area contributed by atoms with Crippen LogP contribution in [0.3, 0.4) is 0 Å². The van der Waals surface area contributed by atoms with Gasteiger partial charge in [0.2, 0.25) is 0 Å². The van der Waals surface area contributed by atoms with Gasteiger partial charge in [-0.05, 0) is 36.8 Å². The Hall–Kier alpha value is -0.740. The molecule has 1 N–H and O–H groups in total. The van der Waals surface area contributed by atoms with E-state index in [2.05, 4.69) is 48.6 Å². The normalized spacial score (nSPS) is 12.8. The smallest absolute Gasteiger partial charge is 0.150 e. The quantitative estimate of drug-likeness (QED) is 0.764. The Morgan fingerprint density at radius 1 is 1.44 bits per heavy atom. The average molecular weight is 280 g/mol. The third-order valence-corrected chi connectivity index (χ3v) is 4.98. The molecular weight excluding hydrogens is 260 g/mol. The van der Waals surface area contributed by atoms with Gasteiger partial charge in [0.25, 0.3) is 0 Å². The zero-order chi connectivity index (χ0) is 13.0. The topological polar surface area (TPSA) is 24.9 Å². The van der Waals surface area contributed by atoms with Crippen LogP contribution in [-0.2, 0) is 0 Å². The van der Waals surface area contributed by atoms with E-state index >= 15 is 0 Å². The van der Waals surface area contributed by atoms with Crippen molar-refractivity contribution in [3.05, 3.63) is 18.2 Å². The molecule has 0 fully saturated rings. The third-order valence-electron chi connectivity index (χ3n) is 2.98. The van der Waals surface area contributed by atoms with E-state index in [0.29, 0.717) is 0 Å². The standard InChI is InChI=1S/C14H20N2S2/c1-4-5-10(2)9-15-11-6-7-12-13(8-11)18-14(16-12)17-3/h6-8,10,15H,4-5,9H2,1-3H3. The van der Waals surface area contributed by atoms with Crippen LogP contribution in [0.1, 0.15) is 26.7 Å². The number of thioether (sulfide) groups is 1. The van der Waals surface area contributed by atoms with Crippen LogP contribution in [0.2, 0.25) is 0 Å². The van der Waals surface area contributed by atoms with Crippen LogP contribution in [0.15, 0.2) is 22.5 Å². The van der Waals surface area contributed by atoms with Crippen molar-refractivity contribution in [2.45, 2.75) is 31.0 Å². The van der Waals surface area contributed by atoms with Gasteiger partial charge >= 0.3 is 0 Å². The lowest BCUT2D eigenvalue weighted by molar-refractivity contribution is 0.551. The van der Waals surface area contributed by atoms with Gasteiger partial charge in [0, 0.05) is 12.2 Å².